The van der Waals surface area contributed by atoms with E-state index in [2.05, 4.69) is 16.5 Å². The van der Waals surface area contributed by atoms with Crippen LogP contribution in [0.15, 0.2) is 30.3 Å². The fourth-order valence-corrected chi connectivity index (χ4v) is 1.62. The zero-order valence-electron chi connectivity index (χ0n) is 10.4. The van der Waals surface area contributed by atoms with Gasteiger partial charge in [0.25, 0.3) is 0 Å². The van der Waals surface area contributed by atoms with Gasteiger partial charge in [-0.25, -0.2) is 0 Å². The minimum Gasteiger partial charge on any atom is -0.497 e. The molecule has 0 fully saturated rings. The molecule has 0 unspecified atom stereocenters. The quantitative estimate of drug-likeness (QED) is 0.878. The SMILES string of the molecule is COc1cccc(CNc2cc(C)n(C)n2)c1. The van der Waals surface area contributed by atoms with Gasteiger partial charge >= 0.3 is 0 Å². The second-order valence-electron chi connectivity index (χ2n) is 4.00. The molecule has 0 aliphatic rings. The summed E-state index contributed by atoms with van der Waals surface area (Å²) < 4.78 is 7.04. The van der Waals surface area contributed by atoms with Gasteiger partial charge in [0.1, 0.15) is 11.6 Å². The maximum absolute atomic E-state index is 5.18. The maximum Gasteiger partial charge on any atom is 0.148 e. The van der Waals surface area contributed by atoms with Crippen LogP contribution >= 0.6 is 0 Å². The topological polar surface area (TPSA) is 39.1 Å². The van der Waals surface area contributed by atoms with E-state index in [4.69, 9.17) is 4.74 Å². The molecular formula is C13H17N3O. The van der Waals surface area contributed by atoms with Gasteiger partial charge in [0, 0.05) is 25.4 Å². The summed E-state index contributed by atoms with van der Waals surface area (Å²) in [7, 11) is 3.61. The van der Waals surface area contributed by atoms with Crippen LogP contribution in [-0.2, 0) is 13.6 Å². The number of rotatable bonds is 4. The molecule has 1 N–H and O–H groups in total. The maximum atomic E-state index is 5.18. The Morgan fingerprint density at radius 3 is 2.82 bits per heavy atom. The van der Waals surface area contributed by atoms with Gasteiger partial charge in [-0.15, -0.1) is 0 Å². The van der Waals surface area contributed by atoms with E-state index >= 15 is 0 Å². The second-order valence-corrected chi connectivity index (χ2v) is 4.00. The second kappa shape index (κ2) is 4.91. The zero-order chi connectivity index (χ0) is 12.3. The molecule has 0 saturated carbocycles. The molecule has 1 aromatic heterocycles. The highest BCUT2D eigenvalue weighted by molar-refractivity contribution is 5.38. The lowest BCUT2D eigenvalue weighted by molar-refractivity contribution is 0.414. The molecule has 4 nitrogen and oxygen atoms in total. The van der Waals surface area contributed by atoms with Crippen molar-refractivity contribution in [3.63, 3.8) is 0 Å². The minimum absolute atomic E-state index is 0.744. The summed E-state index contributed by atoms with van der Waals surface area (Å²) in [5.41, 5.74) is 2.31. The van der Waals surface area contributed by atoms with Crippen LogP contribution in [0.1, 0.15) is 11.3 Å². The lowest BCUT2D eigenvalue weighted by Crippen LogP contribution is -2.01. The van der Waals surface area contributed by atoms with Crippen LogP contribution in [0.3, 0.4) is 0 Å². The van der Waals surface area contributed by atoms with Crippen molar-refractivity contribution in [2.24, 2.45) is 7.05 Å². The number of benzene rings is 1. The first-order chi connectivity index (χ1) is 8.19. The number of aryl methyl sites for hydroxylation is 2. The number of methoxy groups -OCH3 is 1. The normalized spacial score (nSPS) is 10.3. The summed E-state index contributed by atoms with van der Waals surface area (Å²) in [6.45, 7) is 2.78. The van der Waals surface area contributed by atoms with Gasteiger partial charge in [-0.1, -0.05) is 12.1 Å². The number of aromatic nitrogens is 2. The summed E-state index contributed by atoms with van der Waals surface area (Å²) in [6.07, 6.45) is 0. The van der Waals surface area contributed by atoms with Crippen molar-refractivity contribution in [2.75, 3.05) is 12.4 Å². The van der Waals surface area contributed by atoms with E-state index in [-0.39, 0.29) is 0 Å². The molecule has 0 radical (unpaired) electrons. The first-order valence-electron chi connectivity index (χ1n) is 5.56. The third kappa shape index (κ3) is 2.78. The molecule has 0 aliphatic carbocycles. The molecule has 0 bridgehead atoms. The Labute approximate surface area is 101 Å². The molecule has 90 valence electrons. The van der Waals surface area contributed by atoms with Gasteiger partial charge in [0.2, 0.25) is 0 Å². The van der Waals surface area contributed by atoms with Gasteiger partial charge in [0.05, 0.1) is 7.11 Å². The number of hydrogen-bond donors (Lipinski definition) is 1. The number of nitrogens with one attached hydrogen (secondary N) is 1. The lowest BCUT2D eigenvalue weighted by atomic mass is 10.2. The van der Waals surface area contributed by atoms with E-state index in [1.165, 1.54) is 5.56 Å². The number of anilines is 1. The Balaban J connectivity index is 2.01. The van der Waals surface area contributed by atoms with Crippen molar-refractivity contribution in [3.05, 3.63) is 41.6 Å². The number of nitrogens with zero attached hydrogens (tertiary/aromatic N) is 2. The summed E-state index contributed by atoms with van der Waals surface area (Å²) in [6, 6.07) is 10.0. The van der Waals surface area contributed by atoms with Crippen LogP contribution in [0.5, 0.6) is 5.75 Å². The monoisotopic (exact) mass is 231 g/mol. The Kier molecular flexibility index (Phi) is 3.32. The molecule has 2 aromatic rings. The van der Waals surface area contributed by atoms with E-state index in [1.54, 1.807) is 7.11 Å². The number of ether oxygens (including phenoxy) is 1. The molecule has 0 atom stereocenters. The molecule has 17 heavy (non-hydrogen) atoms. The summed E-state index contributed by atoms with van der Waals surface area (Å²) in [5, 5.41) is 7.63. The largest absolute Gasteiger partial charge is 0.497 e. The van der Waals surface area contributed by atoms with Gasteiger partial charge < -0.3 is 10.1 Å². The predicted octanol–water partition coefficient (Wildman–Crippen LogP) is 2.35. The zero-order valence-corrected chi connectivity index (χ0v) is 10.4. The first kappa shape index (κ1) is 11.5. The van der Waals surface area contributed by atoms with Crippen molar-refractivity contribution in [2.45, 2.75) is 13.5 Å². The van der Waals surface area contributed by atoms with Crippen molar-refractivity contribution < 1.29 is 4.74 Å². The average molecular weight is 231 g/mol. The van der Waals surface area contributed by atoms with E-state index < -0.39 is 0 Å². The molecule has 0 saturated heterocycles. The Hall–Kier alpha value is -1.97. The summed E-state index contributed by atoms with van der Waals surface area (Å²) >= 11 is 0. The van der Waals surface area contributed by atoms with Crippen LogP contribution in [0, 0.1) is 6.92 Å². The molecular weight excluding hydrogens is 214 g/mol. The Bertz CT molecular complexity index is 486. The van der Waals surface area contributed by atoms with Gasteiger partial charge in [-0.05, 0) is 24.6 Å². The van der Waals surface area contributed by atoms with Gasteiger partial charge in [-0.2, -0.15) is 5.10 Å². The van der Waals surface area contributed by atoms with Crippen molar-refractivity contribution in [3.8, 4) is 5.75 Å². The van der Waals surface area contributed by atoms with Crippen molar-refractivity contribution >= 4 is 5.82 Å². The molecule has 2 rings (SSSR count). The summed E-state index contributed by atoms with van der Waals surface area (Å²) in [4.78, 5) is 0. The van der Waals surface area contributed by atoms with Gasteiger partial charge in [0.15, 0.2) is 0 Å². The molecule has 1 heterocycles. The van der Waals surface area contributed by atoms with Gasteiger partial charge in [-0.3, -0.25) is 4.68 Å². The molecule has 0 amide bonds. The molecule has 0 spiro atoms. The minimum atomic E-state index is 0.744. The van der Waals surface area contributed by atoms with E-state index in [0.717, 1.165) is 23.8 Å². The Morgan fingerprint density at radius 1 is 1.35 bits per heavy atom. The van der Waals surface area contributed by atoms with Crippen LogP contribution in [-0.4, -0.2) is 16.9 Å². The first-order valence-corrected chi connectivity index (χ1v) is 5.56. The predicted molar refractivity (Wildman–Crippen MR) is 68.3 cm³/mol. The van der Waals surface area contributed by atoms with Crippen molar-refractivity contribution in [1.29, 1.82) is 0 Å². The molecule has 4 heteroatoms. The smallest absolute Gasteiger partial charge is 0.148 e. The van der Waals surface area contributed by atoms with Crippen LogP contribution in [0.25, 0.3) is 0 Å². The van der Waals surface area contributed by atoms with E-state index in [1.807, 2.05) is 42.9 Å². The average Bonchev–Trinajstić information content (AvgIpc) is 2.67. The fourth-order valence-electron chi connectivity index (χ4n) is 1.62. The molecule has 1 aromatic carbocycles. The third-order valence-electron chi connectivity index (χ3n) is 2.72. The van der Waals surface area contributed by atoms with Crippen LogP contribution < -0.4 is 10.1 Å². The lowest BCUT2D eigenvalue weighted by Gasteiger charge is -2.05. The van der Waals surface area contributed by atoms with Crippen LogP contribution in [0.4, 0.5) is 5.82 Å². The van der Waals surface area contributed by atoms with E-state index in [9.17, 15) is 0 Å². The highest BCUT2D eigenvalue weighted by Gasteiger charge is 2.01. The Morgan fingerprint density at radius 2 is 2.18 bits per heavy atom. The third-order valence-corrected chi connectivity index (χ3v) is 2.72. The van der Waals surface area contributed by atoms with Crippen LogP contribution in [0.2, 0.25) is 0 Å². The number of hydrogen-bond acceptors (Lipinski definition) is 3. The van der Waals surface area contributed by atoms with E-state index in [0.29, 0.717) is 0 Å². The summed E-state index contributed by atoms with van der Waals surface area (Å²) in [5.74, 6) is 1.77. The fraction of sp³-hybridized carbons (Fsp3) is 0.308. The highest BCUT2D eigenvalue weighted by atomic mass is 16.5. The van der Waals surface area contributed by atoms with Crippen molar-refractivity contribution in [1.82, 2.24) is 9.78 Å². The molecule has 0 aliphatic heterocycles. The highest BCUT2D eigenvalue weighted by Crippen LogP contribution is 2.14. The standard InChI is InChI=1S/C13H17N3O/c1-10-7-13(15-16(10)2)14-9-11-5-4-6-12(8-11)17-3/h4-8H,9H2,1-3H3,(H,14,15).